The largest absolute Gasteiger partial charge is 0.497 e. The molecule has 0 atom stereocenters. The molecule has 0 spiro atoms. The predicted octanol–water partition coefficient (Wildman–Crippen LogP) is 15.1. The van der Waals surface area contributed by atoms with Gasteiger partial charge in [0.2, 0.25) is 0 Å². The van der Waals surface area contributed by atoms with E-state index in [1.54, 1.807) is 120 Å². The number of hydrogen-bond donors (Lipinski definition) is 3. The minimum Gasteiger partial charge on any atom is -0.497 e. The molecule has 2 aliphatic rings. The number of halogens is 7. The lowest BCUT2D eigenvalue weighted by atomic mass is 9.94. The predicted molar refractivity (Wildman–Crippen MR) is 394 cm³/mol. The summed E-state index contributed by atoms with van der Waals surface area (Å²) in [5, 5.41) is 11.7. The van der Waals surface area contributed by atoms with Crippen LogP contribution in [0.15, 0.2) is 177 Å². The van der Waals surface area contributed by atoms with Gasteiger partial charge >= 0.3 is 11.9 Å². The van der Waals surface area contributed by atoms with Crippen molar-refractivity contribution in [2.75, 3.05) is 112 Å². The SMILES string of the molecule is COc1cccc(N(c2ccc(F)cn2)c2cncc(N3CCC(F)(COCC(=O)O)CC3)n2)c1.COc1cccc(N(c2ccc(F)cn2)c2cncc(N3CCC(F)(COCC(=O)OC(C)(C)C)CC3)n2)c1.COc1cccc(N)c1.COc1cccc(Nc2ccc(F)cn2)c1.II. The van der Waals surface area contributed by atoms with Crippen LogP contribution in [0, 0.1) is 17.5 Å². The Labute approximate surface area is 605 Å². The number of nitrogen functional groups attached to an aromatic ring is 1. The maximum Gasteiger partial charge on any atom is 0.332 e. The number of pyridine rings is 3. The molecule has 2 fully saturated rings. The van der Waals surface area contributed by atoms with Crippen LogP contribution in [0.25, 0.3) is 0 Å². The number of benzene rings is 4. The first-order valence-corrected chi connectivity index (χ1v) is 37.6. The van der Waals surface area contributed by atoms with Crippen molar-refractivity contribution >= 4 is 113 Å². The van der Waals surface area contributed by atoms with Crippen LogP contribution in [0.2, 0.25) is 0 Å². The Hall–Kier alpha value is -9.54. The first-order chi connectivity index (χ1) is 48.5. The number of esters is 1. The minimum atomic E-state index is -1.60. The monoisotopic (exact) mass is 1620 g/mol. The highest BCUT2D eigenvalue weighted by molar-refractivity contribution is 15.0. The van der Waals surface area contributed by atoms with Gasteiger partial charge in [0.15, 0.2) is 11.6 Å². The second-order valence-electron chi connectivity index (χ2n) is 23.5. The first-order valence-electron chi connectivity index (χ1n) is 31.3. The third-order valence-corrected chi connectivity index (χ3v) is 14.9. The number of piperidine rings is 2. The topological polar surface area (TPSA) is 260 Å². The molecular formula is C71H78F5I2N13O10. The molecule has 0 radical (unpaired) electrons. The van der Waals surface area contributed by atoms with Gasteiger partial charge in [-0.2, -0.15) is 0 Å². The molecule has 536 valence electrons. The Morgan fingerprint density at radius 3 is 1.36 bits per heavy atom. The maximum atomic E-state index is 15.4. The minimum absolute atomic E-state index is 0.164. The summed E-state index contributed by atoms with van der Waals surface area (Å²) in [6.07, 6.45) is 10.5. The lowest BCUT2D eigenvalue weighted by Crippen LogP contribution is -2.45. The molecular weight excluding hydrogens is 1540 g/mol. The Bertz CT molecular complexity index is 4040. The van der Waals surface area contributed by atoms with E-state index in [0.717, 1.165) is 35.3 Å². The first kappa shape index (κ1) is 78.8. The number of nitrogens with two attached hydrogens (primary N) is 1. The molecule has 7 heterocycles. The highest BCUT2D eigenvalue weighted by atomic mass is 128. The summed E-state index contributed by atoms with van der Waals surface area (Å²) in [5.41, 5.74) is 4.64. The van der Waals surface area contributed by atoms with Crippen molar-refractivity contribution in [3.63, 3.8) is 0 Å². The Morgan fingerprint density at radius 2 is 0.960 bits per heavy atom. The van der Waals surface area contributed by atoms with Gasteiger partial charge in [0.25, 0.3) is 0 Å². The van der Waals surface area contributed by atoms with E-state index in [0.29, 0.717) is 89.8 Å². The molecule has 0 bridgehead atoms. The van der Waals surface area contributed by atoms with Gasteiger partial charge < -0.3 is 59.1 Å². The number of alkyl halides is 2. The Kier molecular flexibility index (Phi) is 30.3. The molecule has 0 saturated carbocycles. The van der Waals surface area contributed by atoms with Gasteiger partial charge in [0, 0.05) is 125 Å². The highest BCUT2D eigenvalue weighted by Crippen LogP contribution is 2.38. The number of aliphatic carboxylic acids is 1. The van der Waals surface area contributed by atoms with Gasteiger partial charge in [0.05, 0.1) is 96.4 Å². The zero-order valence-corrected chi connectivity index (χ0v) is 60.8. The van der Waals surface area contributed by atoms with Crippen molar-refractivity contribution in [2.24, 2.45) is 0 Å². The Morgan fingerprint density at radius 1 is 0.545 bits per heavy atom. The quantitative estimate of drug-likeness (QED) is 0.0246. The molecule has 4 N–H and O–H groups in total. The maximum absolute atomic E-state index is 15.4. The average molecular weight is 1620 g/mol. The standard InChI is InChI=1S/C28H33F2N5O4.C24H25F2N5O4.C12H11FN2O.C7H9NO.I2/c1-27(2,3)39-26(36)18-38-19-28(30)10-12-34(13-11-28)24-16-31-17-25(33-24)35(23-9-8-20(29)15-32-23)21-6-5-7-22(14-21)37-4;1-34-19-4-2-3-18(11-19)31(20-6-5-17(25)12-28-20)22-14-27-13-21(29-22)30-9-7-24(26,8-10-30)16-35-15-23(32)33;1-16-11-4-2-3-10(7-11)15-12-6-5-9(13)8-14-12;1-9-7-4-2-3-6(8)5-7;1-2/h5-9,14-17H,10-13,18-19H2,1-4H3;2-6,11-14H,7-10,15-16H2,1H3,(H,32,33);2-8H,1H3,(H,14,15);2-5H,8H2,1H3;. The van der Waals surface area contributed by atoms with Crippen molar-refractivity contribution in [3.05, 3.63) is 194 Å². The molecule has 2 saturated heterocycles. The summed E-state index contributed by atoms with van der Waals surface area (Å²) < 4.78 is 107. The third-order valence-electron chi connectivity index (χ3n) is 14.9. The van der Waals surface area contributed by atoms with E-state index in [2.05, 4.69) is 67.5 Å². The van der Waals surface area contributed by atoms with E-state index in [4.69, 9.17) is 54.0 Å². The lowest BCUT2D eigenvalue weighted by Gasteiger charge is -2.37. The van der Waals surface area contributed by atoms with Gasteiger partial charge in [0.1, 0.15) is 99.7 Å². The molecule has 5 aromatic heterocycles. The molecule has 0 amide bonds. The number of anilines is 11. The number of methoxy groups -OCH3 is 4. The van der Waals surface area contributed by atoms with Crippen LogP contribution in [-0.2, 0) is 23.8 Å². The normalized spacial score (nSPS) is 13.4. The van der Waals surface area contributed by atoms with Gasteiger partial charge in [-0.25, -0.2) is 56.5 Å². The van der Waals surface area contributed by atoms with Gasteiger partial charge in [-0.1, -0.05) is 24.3 Å². The van der Waals surface area contributed by atoms with E-state index < -0.39 is 47.1 Å². The summed E-state index contributed by atoms with van der Waals surface area (Å²) in [5.74, 6) is 3.38. The average Bonchev–Trinajstić information content (AvgIpc) is 0.800. The van der Waals surface area contributed by atoms with Gasteiger partial charge in [-0.05, 0) is 106 Å². The highest BCUT2D eigenvalue weighted by Gasteiger charge is 2.37. The number of ether oxygens (including phenoxy) is 7. The summed E-state index contributed by atoms with van der Waals surface area (Å²) in [4.78, 5) is 60.4. The zero-order chi connectivity index (χ0) is 73.0. The number of nitrogens with zero attached hydrogens (tertiary/aromatic N) is 11. The van der Waals surface area contributed by atoms with Crippen molar-refractivity contribution in [3.8, 4) is 23.0 Å². The third kappa shape index (κ3) is 25.2. The van der Waals surface area contributed by atoms with Crippen molar-refractivity contribution in [2.45, 2.75) is 63.4 Å². The van der Waals surface area contributed by atoms with E-state index >= 15 is 8.78 Å². The smallest absolute Gasteiger partial charge is 0.332 e. The van der Waals surface area contributed by atoms with E-state index in [-0.39, 0.29) is 51.3 Å². The summed E-state index contributed by atoms with van der Waals surface area (Å²) in [6.45, 7) is 5.51. The number of carbonyl (C=O) groups is 2. The molecule has 2 aliphatic heterocycles. The van der Waals surface area contributed by atoms with Crippen molar-refractivity contribution in [1.82, 2.24) is 34.9 Å². The molecule has 101 heavy (non-hydrogen) atoms. The van der Waals surface area contributed by atoms with Crippen LogP contribution in [0.1, 0.15) is 46.5 Å². The van der Waals surface area contributed by atoms with Crippen LogP contribution in [0.4, 0.5) is 85.4 Å². The van der Waals surface area contributed by atoms with E-state index in [9.17, 15) is 22.8 Å². The van der Waals surface area contributed by atoms with Gasteiger partial charge in [-0.15, -0.1) is 0 Å². The van der Waals surface area contributed by atoms with Crippen molar-refractivity contribution in [1.29, 1.82) is 0 Å². The number of rotatable bonds is 22. The van der Waals surface area contributed by atoms with Gasteiger partial charge in [-0.3, -0.25) is 19.8 Å². The number of hydrogen-bond acceptors (Lipinski definition) is 22. The lowest BCUT2D eigenvalue weighted by molar-refractivity contribution is -0.161. The molecule has 0 unspecified atom stereocenters. The second-order valence-corrected chi connectivity index (χ2v) is 23.5. The number of aromatic nitrogens is 7. The number of nitrogens with one attached hydrogen (secondary N) is 1. The van der Waals surface area contributed by atoms with Crippen LogP contribution < -0.4 is 49.6 Å². The second kappa shape index (κ2) is 38.9. The number of carboxylic acids is 1. The fourth-order valence-electron chi connectivity index (χ4n) is 9.99. The molecule has 9 aromatic rings. The van der Waals surface area contributed by atoms with Crippen LogP contribution in [0.5, 0.6) is 23.0 Å². The van der Waals surface area contributed by atoms with Crippen LogP contribution in [-0.4, -0.2) is 150 Å². The fraction of sp³-hybridized carbons (Fsp3) is 0.310. The van der Waals surface area contributed by atoms with E-state index in [1.165, 1.54) is 24.4 Å². The summed E-state index contributed by atoms with van der Waals surface area (Å²) in [7, 11) is 6.36. The molecule has 23 nitrogen and oxygen atoms in total. The molecule has 30 heteroatoms. The molecule has 11 rings (SSSR count). The number of carboxylic acid groups (broad SMARTS) is 1. The van der Waals surface area contributed by atoms with Crippen LogP contribution in [0.3, 0.4) is 0 Å². The van der Waals surface area contributed by atoms with Crippen LogP contribution >= 0.6 is 37.2 Å². The van der Waals surface area contributed by atoms with E-state index in [1.807, 2.05) is 88.7 Å². The zero-order valence-electron chi connectivity index (χ0n) is 56.5. The number of carbonyl (C=O) groups excluding carboxylic acids is 1. The summed E-state index contributed by atoms with van der Waals surface area (Å²) >= 11 is 4.24. The fourth-order valence-corrected chi connectivity index (χ4v) is 9.99. The summed E-state index contributed by atoms with van der Waals surface area (Å²) in [6, 6.07) is 38.0. The molecule has 4 aromatic carbocycles. The molecule has 0 aliphatic carbocycles. The van der Waals surface area contributed by atoms with Crippen molar-refractivity contribution < 1.29 is 69.8 Å². The Balaban J connectivity index is 0.000000209.